The maximum atomic E-state index is 12.6. The molecule has 0 unspecified atom stereocenters. The van der Waals surface area contributed by atoms with Crippen LogP contribution in [0.3, 0.4) is 0 Å². The molecule has 3 N–H and O–H groups in total. The molecule has 0 bridgehead atoms. The van der Waals surface area contributed by atoms with E-state index in [1.54, 1.807) is 0 Å². The van der Waals surface area contributed by atoms with Crippen molar-refractivity contribution in [3.05, 3.63) is 46.1 Å². The van der Waals surface area contributed by atoms with E-state index < -0.39 is 52.4 Å². The average molecular weight is 446 g/mol. The van der Waals surface area contributed by atoms with Crippen molar-refractivity contribution in [1.29, 1.82) is 0 Å². The third-order valence-electron chi connectivity index (χ3n) is 3.53. The molecule has 2 aromatic carbocycles. The number of aromatic carboxylic acids is 1. The second-order valence-electron chi connectivity index (χ2n) is 5.20. The fraction of sp³-hybridized carbons (Fsp3) is 0. The van der Waals surface area contributed by atoms with Crippen molar-refractivity contribution >= 4 is 107 Å². The van der Waals surface area contributed by atoms with Gasteiger partial charge in [-0.1, -0.05) is 0 Å². The van der Waals surface area contributed by atoms with E-state index in [-0.39, 0.29) is 75.6 Å². The number of hydrogen-bond donors (Lipinski definition) is 3. The van der Waals surface area contributed by atoms with Crippen LogP contribution < -0.4 is 5.43 Å². The summed E-state index contributed by atoms with van der Waals surface area (Å²) in [4.78, 5) is 21.7. The Hall–Kier alpha value is -0.800. The second-order valence-corrected chi connectivity index (χ2v) is 8.01. The smallest absolute Gasteiger partial charge is 0.335 e. The zero-order valence-corrected chi connectivity index (χ0v) is 20.0. The second kappa shape index (κ2) is 8.52. The van der Waals surface area contributed by atoms with Crippen LogP contribution >= 0.6 is 0 Å². The zero-order valence-electron chi connectivity index (χ0n) is 14.4. The molecule has 0 aliphatic carbocycles. The molecule has 10 nitrogen and oxygen atoms in total. The molecule has 0 atom stereocenters. The molecular weight excluding hydrogens is 438 g/mol. The molecule has 1 heterocycles. The number of carboxylic acid groups (broad SMARTS) is 1. The van der Waals surface area contributed by atoms with Gasteiger partial charge in [-0.2, -0.15) is 16.8 Å². The van der Waals surface area contributed by atoms with Crippen LogP contribution in [0.15, 0.2) is 49.3 Å². The van der Waals surface area contributed by atoms with Gasteiger partial charge in [0.1, 0.15) is 10.5 Å². The largest absolute Gasteiger partial charge is 0.478 e. The van der Waals surface area contributed by atoms with Crippen LogP contribution in [0.5, 0.6) is 0 Å². The van der Waals surface area contributed by atoms with E-state index >= 15 is 0 Å². The molecular formula is C14H8Na2O10S2. The van der Waals surface area contributed by atoms with Crippen LogP contribution in [-0.4, -0.2) is 96.1 Å². The van der Waals surface area contributed by atoms with Gasteiger partial charge in [0, 0.05) is 59.1 Å². The molecule has 0 amide bonds. The van der Waals surface area contributed by atoms with Crippen molar-refractivity contribution in [2.45, 2.75) is 9.79 Å². The zero-order chi connectivity index (χ0) is 19.4. The summed E-state index contributed by atoms with van der Waals surface area (Å²) in [5.74, 6) is -1.34. The predicted octanol–water partition coefficient (Wildman–Crippen LogP) is 0.376. The molecule has 0 fully saturated rings. The van der Waals surface area contributed by atoms with Gasteiger partial charge < -0.3 is 9.52 Å². The summed E-state index contributed by atoms with van der Waals surface area (Å²) in [6, 6.07) is 4.30. The summed E-state index contributed by atoms with van der Waals surface area (Å²) in [6.07, 6.45) is 0. The standard InChI is InChI=1S/C14H8O10S2.2Na/c15-12-8-3-6(14(16)17)1-2-10(8)24-13-9(12)4-7(25(18,19)20)5-11(13)26(21,22)23;;/h1-5H,(H,16,17)(H,18,19,20)(H,21,22,23);;. The van der Waals surface area contributed by atoms with Crippen LogP contribution in [-0.2, 0) is 20.2 Å². The van der Waals surface area contributed by atoms with Crippen molar-refractivity contribution in [3.8, 4) is 0 Å². The van der Waals surface area contributed by atoms with E-state index in [0.717, 1.165) is 18.2 Å². The van der Waals surface area contributed by atoms with Crippen LogP contribution in [0.4, 0.5) is 0 Å². The third kappa shape index (κ3) is 4.67. The van der Waals surface area contributed by atoms with E-state index in [1.165, 1.54) is 0 Å². The Morgan fingerprint density at radius 3 is 2.00 bits per heavy atom. The van der Waals surface area contributed by atoms with Gasteiger partial charge in [0.15, 0.2) is 5.58 Å². The number of benzene rings is 2. The van der Waals surface area contributed by atoms with Crippen molar-refractivity contribution in [3.63, 3.8) is 0 Å². The summed E-state index contributed by atoms with van der Waals surface area (Å²) in [5, 5.41) is 8.15. The van der Waals surface area contributed by atoms with Gasteiger partial charge in [-0.3, -0.25) is 13.9 Å². The van der Waals surface area contributed by atoms with Crippen molar-refractivity contribution in [1.82, 2.24) is 0 Å². The molecule has 0 saturated heterocycles. The third-order valence-corrected chi connectivity index (χ3v) is 5.22. The Morgan fingerprint density at radius 1 is 0.893 bits per heavy atom. The van der Waals surface area contributed by atoms with E-state index in [2.05, 4.69) is 0 Å². The maximum Gasteiger partial charge on any atom is 0.335 e. The fourth-order valence-corrected chi connectivity index (χ4v) is 3.65. The number of fused-ring (bicyclic) bond motifs is 2. The van der Waals surface area contributed by atoms with Gasteiger partial charge in [0.05, 0.1) is 21.2 Å². The van der Waals surface area contributed by atoms with Crippen molar-refractivity contribution < 1.29 is 40.3 Å². The van der Waals surface area contributed by atoms with Crippen LogP contribution in [0.1, 0.15) is 10.4 Å². The normalized spacial score (nSPS) is 11.6. The maximum absolute atomic E-state index is 12.6. The van der Waals surface area contributed by atoms with Gasteiger partial charge in [-0.25, -0.2) is 4.79 Å². The summed E-state index contributed by atoms with van der Waals surface area (Å²) < 4.78 is 69.5. The first-order valence-corrected chi connectivity index (χ1v) is 9.50. The minimum absolute atomic E-state index is 0. The van der Waals surface area contributed by atoms with Gasteiger partial charge in [-0.05, 0) is 30.3 Å². The average Bonchev–Trinajstić information content (AvgIpc) is 2.52. The van der Waals surface area contributed by atoms with Crippen molar-refractivity contribution in [2.24, 2.45) is 0 Å². The molecule has 3 aromatic rings. The molecule has 3 rings (SSSR count). The number of hydrogen-bond acceptors (Lipinski definition) is 7. The van der Waals surface area contributed by atoms with Crippen LogP contribution in [0, 0.1) is 0 Å². The Labute approximate surface area is 201 Å². The number of carbonyl (C=O) groups is 1. The van der Waals surface area contributed by atoms with Gasteiger partial charge in [0.2, 0.25) is 5.43 Å². The first kappa shape index (κ1) is 25.2. The Morgan fingerprint density at radius 2 is 1.50 bits per heavy atom. The first-order valence-electron chi connectivity index (χ1n) is 6.62. The van der Waals surface area contributed by atoms with Gasteiger partial charge in [0.25, 0.3) is 20.2 Å². The predicted molar refractivity (Wildman–Crippen MR) is 98.1 cm³/mol. The first-order chi connectivity index (χ1) is 11.9. The molecule has 0 spiro atoms. The van der Waals surface area contributed by atoms with E-state index in [9.17, 15) is 31.0 Å². The molecule has 138 valence electrons. The monoisotopic (exact) mass is 446 g/mol. The fourth-order valence-electron chi connectivity index (χ4n) is 2.38. The topological polar surface area (TPSA) is 176 Å². The molecule has 1 aromatic heterocycles. The van der Waals surface area contributed by atoms with E-state index in [1.807, 2.05) is 0 Å². The van der Waals surface area contributed by atoms with Gasteiger partial charge in [-0.15, -0.1) is 0 Å². The Kier molecular flexibility index (Phi) is 7.68. The summed E-state index contributed by atoms with van der Waals surface area (Å²) >= 11 is 0. The molecule has 0 aliphatic rings. The molecule has 2 radical (unpaired) electrons. The van der Waals surface area contributed by atoms with Crippen LogP contribution in [0.2, 0.25) is 0 Å². The summed E-state index contributed by atoms with van der Waals surface area (Å²) in [6.45, 7) is 0. The molecule has 14 heteroatoms. The summed E-state index contributed by atoms with van der Waals surface area (Å²) in [5.41, 5.74) is -2.03. The van der Waals surface area contributed by atoms with Crippen molar-refractivity contribution in [2.75, 3.05) is 0 Å². The molecule has 0 saturated carbocycles. The van der Waals surface area contributed by atoms with Gasteiger partial charge >= 0.3 is 5.97 Å². The summed E-state index contributed by atoms with van der Waals surface area (Å²) in [7, 11) is -9.94. The van der Waals surface area contributed by atoms with E-state index in [4.69, 9.17) is 14.1 Å². The van der Waals surface area contributed by atoms with E-state index in [0.29, 0.717) is 12.1 Å². The minimum Gasteiger partial charge on any atom is -0.478 e. The molecule has 0 aliphatic heterocycles. The Bertz CT molecular complexity index is 1370. The Balaban J connectivity index is 0.00000196. The minimum atomic E-state index is -5.02. The number of rotatable bonds is 3. The number of carboxylic acids is 1. The SMILES string of the molecule is O=C(O)c1ccc2oc3c(S(=O)(=O)O)cc(S(=O)(=O)O)cc3c(=O)c2c1.[Na].[Na]. The van der Waals surface area contributed by atoms with Crippen LogP contribution in [0.25, 0.3) is 21.9 Å². The molecule has 28 heavy (non-hydrogen) atoms. The quantitative estimate of drug-likeness (QED) is 0.289.